The standard InChI is InChI=1S/C29H24Cl2N2O4/c1-3-37-22-15-9-8-14-21(22)32-25(34)16(2)33-26(35)23-24(27(33)36)29(31)18-11-5-4-10-17(18)28(23,30)19-12-6-7-13-20(19)29/h4-16,23-24H,3H2,1-2H3,(H,32,34)/t16-,23-,24+,28?,29?/m1/s1. The van der Waals surface area contributed by atoms with Gasteiger partial charge in [-0.05, 0) is 48.2 Å². The molecule has 7 rings (SSSR count). The lowest BCUT2D eigenvalue weighted by atomic mass is 9.54. The van der Waals surface area contributed by atoms with E-state index in [0.717, 1.165) is 27.2 Å². The highest BCUT2D eigenvalue weighted by Crippen LogP contribution is 2.69. The van der Waals surface area contributed by atoms with Crippen molar-refractivity contribution in [2.24, 2.45) is 11.8 Å². The third kappa shape index (κ3) is 3.03. The Labute approximate surface area is 224 Å². The Hall–Kier alpha value is -3.35. The number of carbonyl (C=O) groups is 3. The topological polar surface area (TPSA) is 75.7 Å². The molecule has 188 valence electrons. The number of ether oxygens (including phenoxy) is 1. The summed E-state index contributed by atoms with van der Waals surface area (Å²) in [6, 6.07) is 20.8. The van der Waals surface area contributed by atoms with E-state index in [2.05, 4.69) is 5.32 Å². The molecule has 8 heteroatoms. The summed E-state index contributed by atoms with van der Waals surface area (Å²) in [7, 11) is 0. The van der Waals surface area contributed by atoms with Gasteiger partial charge in [0.25, 0.3) is 0 Å². The molecular formula is C29H24Cl2N2O4. The molecule has 1 heterocycles. The first-order chi connectivity index (χ1) is 17.8. The molecule has 37 heavy (non-hydrogen) atoms. The van der Waals surface area contributed by atoms with Gasteiger partial charge in [-0.3, -0.25) is 19.3 Å². The smallest absolute Gasteiger partial charge is 0.247 e. The zero-order chi connectivity index (χ0) is 26.1. The summed E-state index contributed by atoms with van der Waals surface area (Å²) in [5.74, 6) is -2.91. The number of carbonyl (C=O) groups excluding carboxylic acids is 3. The van der Waals surface area contributed by atoms with Gasteiger partial charge < -0.3 is 10.1 Å². The fourth-order valence-corrected chi connectivity index (χ4v) is 7.37. The average Bonchev–Trinajstić information content (AvgIpc) is 3.19. The summed E-state index contributed by atoms with van der Waals surface area (Å²) in [5.41, 5.74) is 3.34. The molecule has 1 N–H and O–H groups in total. The van der Waals surface area contributed by atoms with E-state index in [1.54, 1.807) is 24.3 Å². The molecule has 1 saturated heterocycles. The zero-order valence-corrected chi connectivity index (χ0v) is 21.7. The highest BCUT2D eigenvalue weighted by atomic mass is 35.5. The van der Waals surface area contributed by atoms with Gasteiger partial charge in [-0.15, -0.1) is 23.2 Å². The van der Waals surface area contributed by atoms with E-state index in [1.165, 1.54) is 6.92 Å². The van der Waals surface area contributed by atoms with Crippen LogP contribution in [0.5, 0.6) is 5.75 Å². The van der Waals surface area contributed by atoms with Crippen LogP contribution in [-0.4, -0.2) is 35.3 Å². The normalized spacial score (nSPS) is 27.8. The summed E-state index contributed by atoms with van der Waals surface area (Å²) in [6.45, 7) is 3.81. The number of imide groups is 1. The van der Waals surface area contributed by atoms with E-state index in [1.807, 2.05) is 55.5 Å². The molecule has 3 aromatic carbocycles. The van der Waals surface area contributed by atoms with Crippen LogP contribution >= 0.6 is 23.2 Å². The van der Waals surface area contributed by atoms with E-state index in [9.17, 15) is 14.4 Å². The Kier molecular flexibility index (Phi) is 5.41. The third-order valence-corrected chi connectivity index (χ3v) is 9.12. The number of alkyl halides is 2. The van der Waals surface area contributed by atoms with Gasteiger partial charge in [-0.2, -0.15) is 0 Å². The quantitative estimate of drug-likeness (QED) is 0.369. The summed E-state index contributed by atoms with van der Waals surface area (Å²) >= 11 is 14.9. The van der Waals surface area contributed by atoms with Crippen LogP contribution in [0.1, 0.15) is 36.1 Å². The Balaban J connectivity index is 1.42. The average molecular weight is 535 g/mol. The first kappa shape index (κ1) is 24.0. The second-order valence-corrected chi connectivity index (χ2v) is 10.8. The number of nitrogens with zero attached hydrogens (tertiary/aromatic N) is 1. The van der Waals surface area contributed by atoms with Crippen molar-refractivity contribution in [3.63, 3.8) is 0 Å². The number of amides is 3. The number of hydrogen-bond donors (Lipinski definition) is 1. The van der Waals surface area contributed by atoms with E-state index >= 15 is 0 Å². The summed E-state index contributed by atoms with van der Waals surface area (Å²) in [5, 5.41) is 2.81. The van der Waals surface area contributed by atoms with Crippen molar-refractivity contribution >= 4 is 46.6 Å². The van der Waals surface area contributed by atoms with E-state index in [-0.39, 0.29) is 0 Å². The predicted molar refractivity (Wildman–Crippen MR) is 141 cm³/mol. The second kappa shape index (κ2) is 8.33. The van der Waals surface area contributed by atoms with Crippen molar-refractivity contribution in [1.29, 1.82) is 0 Å². The highest BCUT2D eigenvalue weighted by Gasteiger charge is 2.73. The number of hydrogen-bond acceptors (Lipinski definition) is 4. The van der Waals surface area contributed by atoms with E-state index < -0.39 is 45.3 Å². The Bertz CT molecular complexity index is 1350. The van der Waals surface area contributed by atoms with Gasteiger partial charge in [0.15, 0.2) is 0 Å². The minimum Gasteiger partial charge on any atom is -0.492 e. The van der Waals surface area contributed by atoms with Crippen LogP contribution in [0.2, 0.25) is 0 Å². The highest BCUT2D eigenvalue weighted by molar-refractivity contribution is 6.36. The van der Waals surface area contributed by atoms with Gasteiger partial charge in [-0.25, -0.2) is 0 Å². The molecule has 1 aliphatic heterocycles. The predicted octanol–water partition coefficient (Wildman–Crippen LogP) is 5.01. The third-order valence-electron chi connectivity index (χ3n) is 7.83. The molecule has 6 nitrogen and oxygen atoms in total. The molecule has 3 atom stereocenters. The van der Waals surface area contributed by atoms with Gasteiger partial charge in [0, 0.05) is 0 Å². The van der Waals surface area contributed by atoms with Crippen LogP contribution in [0, 0.1) is 11.8 Å². The summed E-state index contributed by atoms with van der Waals surface area (Å²) in [4.78, 5) is 39.9. The number of anilines is 1. The molecule has 0 aromatic heterocycles. The van der Waals surface area contributed by atoms with Crippen LogP contribution in [0.3, 0.4) is 0 Å². The molecule has 3 aromatic rings. The van der Waals surface area contributed by atoms with Gasteiger partial charge in [0.05, 0.1) is 24.1 Å². The number of nitrogens with one attached hydrogen (secondary N) is 1. The monoisotopic (exact) mass is 534 g/mol. The number of rotatable bonds is 5. The zero-order valence-electron chi connectivity index (χ0n) is 20.2. The molecule has 3 aliphatic carbocycles. The van der Waals surface area contributed by atoms with Crippen molar-refractivity contribution in [2.75, 3.05) is 11.9 Å². The van der Waals surface area contributed by atoms with Crippen molar-refractivity contribution < 1.29 is 19.1 Å². The van der Waals surface area contributed by atoms with E-state index in [0.29, 0.717) is 18.0 Å². The number of benzene rings is 3. The largest absolute Gasteiger partial charge is 0.492 e. The lowest BCUT2D eigenvalue weighted by Gasteiger charge is -2.54. The maximum Gasteiger partial charge on any atom is 0.247 e. The number of halogens is 2. The minimum atomic E-state index is -1.28. The molecule has 3 amide bonds. The van der Waals surface area contributed by atoms with Crippen molar-refractivity contribution in [1.82, 2.24) is 4.90 Å². The molecule has 0 radical (unpaired) electrons. The van der Waals surface area contributed by atoms with Crippen molar-refractivity contribution in [3.8, 4) is 5.75 Å². The number of likely N-dealkylation sites (tertiary alicyclic amines) is 1. The molecule has 0 spiro atoms. The first-order valence-corrected chi connectivity index (χ1v) is 13.0. The SMILES string of the molecule is CCOc1ccccc1NC(=O)[C@@H](C)N1C(=O)[C@@H]2[C@H](C1=O)C1(Cl)c3ccccc3C2(Cl)c2ccccc21. The van der Waals surface area contributed by atoms with Crippen LogP contribution < -0.4 is 10.1 Å². The van der Waals surface area contributed by atoms with E-state index in [4.69, 9.17) is 27.9 Å². The van der Waals surface area contributed by atoms with Gasteiger partial charge in [0.2, 0.25) is 17.7 Å². The summed E-state index contributed by atoms with van der Waals surface area (Å²) in [6.07, 6.45) is 0. The second-order valence-electron chi connectivity index (χ2n) is 9.61. The first-order valence-electron chi connectivity index (χ1n) is 12.2. The molecule has 0 saturated carbocycles. The maximum atomic E-state index is 14.0. The molecule has 2 bridgehead atoms. The Morgan fingerprint density at radius 1 is 0.865 bits per heavy atom. The molecular weight excluding hydrogens is 511 g/mol. The molecule has 4 aliphatic rings. The lowest BCUT2D eigenvalue weighted by molar-refractivity contribution is -0.146. The van der Waals surface area contributed by atoms with Crippen LogP contribution in [0.4, 0.5) is 5.69 Å². The van der Waals surface area contributed by atoms with Crippen LogP contribution in [0.25, 0.3) is 0 Å². The molecule has 0 unspecified atom stereocenters. The fourth-order valence-electron chi connectivity index (χ4n) is 6.28. The van der Waals surface area contributed by atoms with Crippen LogP contribution in [-0.2, 0) is 24.1 Å². The molecule has 1 fully saturated rings. The van der Waals surface area contributed by atoms with Crippen molar-refractivity contribution in [3.05, 3.63) is 95.1 Å². The fraction of sp³-hybridized carbons (Fsp3) is 0.276. The Morgan fingerprint density at radius 3 is 1.76 bits per heavy atom. The summed E-state index contributed by atoms with van der Waals surface area (Å²) < 4.78 is 5.60. The number of para-hydroxylation sites is 2. The van der Waals surface area contributed by atoms with Gasteiger partial charge in [-0.1, -0.05) is 60.7 Å². The van der Waals surface area contributed by atoms with Gasteiger partial charge in [0.1, 0.15) is 21.5 Å². The van der Waals surface area contributed by atoms with Crippen molar-refractivity contribution in [2.45, 2.75) is 29.6 Å². The Morgan fingerprint density at radius 2 is 1.30 bits per heavy atom. The maximum absolute atomic E-state index is 14.0. The lowest BCUT2D eigenvalue weighted by Crippen LogP contribution is -2.57. The van der Waals surface area contributed by atoms with Gasteiger partial charge >= 0.3 is 0 Å². The van der Waals surface area contributed by atoms with Crippen LogP contribution in [0.15, 0.2) is 72.8 Å². The minimum absolute atomic E-state index is 0.422.